The predicted octanol–water partition coefficient (Wildman–Crippen LogP) is 5.79. The first kappa shape index (κ1) is 17.2. The Morgan fingerprint density at radius 3 is 2.36 bits per heavy atom. The van der Waals surface area contributed by atoms with Crippen LogP contribution in [-0.2, 0) is 6.61 Å². The van der Waals surface area contributed by atoms with Gasteiger partial charge in [-0.3, -0.25) is 4.99 Å². The first-order valence-electron chi connectivity index (χ1n) is 7.89. The van der Waals surface area contributed by atoms with Crippen molar-refractivity contribution in [2.75, 3.05) is 7.11 Å². The Morgan fingerprint density at radius 1 is 0.920 bits per heavy atom. The van der Waals surface area contributed by atoms with Gasteiger partial charge in [0.1, 0.15) is 18.1 Å². The van der Waals surface area contributed by atoms with Crippen LogP contribution in [0.1, 0.15) is 11.1 Å². The van der Waals surface area contributed by atoms with Crippen LogP contribution in [0.15, 0.2) is 82.3 Å². The molecule has 4 heteroatoms. The number of benzene rings is 3. The fourth-order valence-electron chi connectivity index (χ4n) is 2.27. The number of hydrogen-bond acceptors (Lipinski definition) is 3. The highest BCUT2D eigenvalue weighted by Gasteiger charge is 2.02. The number of hydrogen-bond donors (Lipinski definition) is 0. The summed E-state index contributed by atoms with van der Waals surface area (Å²) in [5, 5.41) is 0. The first-order valence-corrected chi connectivity index (χ1v) is 8.68. The van der Waals surface area contributed by atoms with Gasteiger partial charge in [0.05, 0.1) is 12.8 Å². The van der Waals surface area contributed by atoms with E-state index in [1.807, 2.05) is 79.0 Å². The zero-order chi connectivity index (χ0) is 17.5. The fraction of sp³-hybridized carbons (Fsp3) is 0.0952. The maximum Gasteiger partial charge on any atom is 0.128 e. The molecule has 3 nitrogen and oxygen atoms in total. The van der Waals surface area contributed by atoms with E-state index in [9.17, 15) is 0 Å². The van der Waals surface area contributed by atoms with Crippen LogP contribution < -0.4 is 9.47 Å². The average Bonchev–Trinajstić information content (AvgIpc) is 2.67. The molecule has 3 rings (SSSR count). The van der Waals surface area contributed by atoms with E-state index in [4.69, 9.17) is 9.47 Å². The van der Waals surface area contributed by atoms with Gasteiger partial charge in [-0.1, -0.05) is 40.2 Å². The predicted molar refractivity (Wildman–Crippen MR) is 105 cm³/mol. The number of aliphatic imine (C=N–C) groups is 1. The van der Waals surface area contributed by atoms with E-state index in [2.05, 4.69) is 20.9 Å². The summed E-state index contributed by atoms with van der Waals surface area (Å²) in [6, 6.07) is 23.6. The Labute approximate surface area is 156 Å². The molecule has 3 aromatic carbocycles. The molecule has 3 aromatic rings. The van der Waals surface area contributed by atoms with Crippen molar-refractivity contribution < 1.29 is 9.47 Å². The van der Waals surface area contributed by atoms with Gasteiger partial charge in [-0.05, 0) is 54.1 Å². The molecule has 0 radical (unpaired) electrons. The smallest absolute Gasteiger partial charge is 0.128 e. The van der Waals surface area contributed by atoms with E-state index in [1.165, 1.54) is 0 Å². The Morgan fingerprint density at radius 2 is 1.64 bits per heavy atom. The largest absolute Gasteiger partial charge is 0.497 e. The van der Waals surface area contributed by atoms with Gasteiger partial charge in [0.15, 0.2) is 0 Å². The molecule has 0 atom stereocenters. The van der Waals surface area contributed by atoms with Crippen LogP contribution in [-0.4, -0.2) is 13.3 Å². The van der Waals surface area contributed by atoms with Gasteiger partial charge >= 0.3 is 0 Å². The average molecular weight is 396 g/mol. The van der Waals surface area contributed by atoms with Gasteiger partial charge in [0.25, 0.3) is 0 Å². The SMILES string of the molecule is COc1ccc(N=Cc2ccccc2OCc2ccc(Br)cc2)cc1. The molecule has 0 saturated carbocycles. The minimum Gasteiger partial charge on any atom is -0.497 e. The zero-order valence-electron chi connectivity index (χ0n) is 13.9. The van der Waals surface area contributed by atoms with Crippen LogP contribution in [0.4, 0.5) is 5.69 Å². The second-order valence-electron chi connectivity index (χ2n) is 5.41. The molecule has 0 fully saturated rings. The minimum absolute atomic E-state index is 0.515. The van der Waals surface area contributed by atoms with Crippen molar-refractivity contribution in [3.63, 3.8) is 0 Å². The molecule has 0 unspecified atom stereocenters. The monoisotopic (exact) mass is 395 g/mol. The van der Waals surface area contributed by atoms with E-state index in [-0.39, 0.29) is 0 Å². The number of halogens is 1. The van der Waals surface area contributed by atoms with Gasteiger partial charge in [0, 0.05) is 16.3 Å². The fourth-order valence-corrected chi connectivity index (χ4v) is 2.54. The molecular formula is C21H18BrNO2. The molecule has 0 aliphatic heterocycles. The summed E-state index contributed by atoms with van der Waals surface area (Å²) in [6.07, 6.45) is 1.82. The number of ether oxygens (including phenoxy) is 2. The van der Waals surface area contributed by atoms with Crippen molar-refractivity contribution in [3.05, 3.63) is 88.4 Å². The van der Waals surface area contributed by atoms with E-state index in [1.54, 1.807) is 7.11 Å². The third kappa shape index (κ3) is 4.94. The van der Waals surface area contributed by atoms with Crippen LogP contribution in [0.3, 0.4) is 0 Å². The lowest BCUT2D eigenvalue weighted by molar-refractivity contribution is 0.306. The highest BCUT2D eigenvalue weighted by Crippen LogP contribution is 2.21. The molecule has 0 aliphatic rings. The van der Waals surface area contributed by atoms with Crippen LogP contribution in [0, 0.1) is 0 Å². The second kappa shape index (κ2) is 8.49. The Balaban J connectivity index is 1.71. The standard InChI is InChI=1S/C21H18BrNO2/c1-24-20-12-10-19(11-13-20)23-14-17-4-2-3-5-21(17)25-15-16-6-8-18(22)9-7-16/h2-14H,15H2,1H3. The summed E-state index contributed by atoms with van der Waals surface area (Å²) >= 11 is 3.44. The van der Waals surface area contributed by atoms with Crippen molar-refractivity contribution in [1.29, 1.82) is 0 Å². The Kier molecular flexibility index (Phi) is 5.86. The maximum absolute atomic E-state index is 5.96. The van der Waals surface area contributed by atoms with Crippen molar-refractivity contribution in [2.45, 2.75) is 6.61 Å². The highest BCUT2D eigenvalue weighted by molar-refractivity contribution is 9.10. The quantitative estimate of drug-likeness (QED) is 0.494. The molecule has 0 N–H and O–H groups in total. The van der Waals surface area contributed by atoms with Crippen LogP contribution >= 0.6 is 15.9 Å². The molecule has 0 amide bonds. The zero-order valence-corrected chi connectivity index (χ0v) is 15.4. The highest BCUT2D eigenvalue weighted by atomic mass is 79.9. The molecule has 0 bridgehead atoms. The van der Waals surface area contributed by atoms with Crippen molar-refractivity contribution in [1.82, 2.24) is 0 Å². The van der Waals surface area contributed by atoms with Gasteiger partial charge in [0.2, 0.25) is 0 Å². The maximum atomic E-state index is 5.96. The third-order valence-corrected chi connectivity index (χ3v) is 4.18. The van der Waals surface area contributed by atoms with Crippen molar-refractivity contribution in [2.24, 2.45) is 4.99 Å². The molecular weight excluding hydrogens is 378 g/mol. The molecule has 25 heavy (non-hydrogen) atoms. The topological polar surface area (TPSA) is 30.8 Å². The Bertz CT molecular complexity index is 843. The Hall–Kier alpha value is -2.59. The molecule has 0 aromatic heterocycles. The molecule has 0 spiro atoms. The van der Waals surface area contributed by atoms with E-state index < -0.39 is 0 Å². The molecule has 0 aliphatic carbocycles. The van der Waals surface area contributed by atoms with Crippen LogP contribution in [0.2, 0.25) is 0 Å². The number of para-hydroxylation sites is 1. The lowest BCUT2D eigenvalue weighted by Gasteiger charge is -2.09. The number of nitrogens with zero attached hydrogens (tertiary/aromatic N) is 1. The second-order valence-corrected chi connectivity index (χ2v) is 6.32. The summed E-state index contributed by atoms with van der Waals surface area (Å²) in [5.41, 5.74) is 2.92. The summed E-state index contributed by atoms with van der Waals surface area (Å²) in [6.45, 7) is 0.515. The number of rotatable bonds is 6. The molecule has 0 heterocycles. The summed E-state index contributed by atoms with van der Waals surface area (Å²) in [5.74, 6) is 1.62. The lowest BCUT2D eigenvalue weighted by Crippen LogP contribution is -1.98. The van der Waals surface area contributed by atoms with Crippen molar-refractivity contribution in [3.8, 4) is 11.5 Å². The van der Waals surface area contributed by atoms with E-state index >= 15 is 0 Å². The molecule has 0 saturated heterocycles. The van der Waals surface area contributed by atoms with Gasteiger partial charge < -0.3 is 9.47 Å². The van der Waals surface area contributed by atoms with Gasteiger partial charge in [-0.15, -0.1) is 0 Å². The molecule has 126 valence electrons. The van der Waals surface area contributed by atoms with E-state index in [0.29, 0.717) is 6.61 Å². The first-order chi connectivity index (χ1) is 12.2. The summed E-state index contributed by atoms with van der Waals surface area (Å²) in [7, 11) is 1.65. The summed E-state index contributed by atoms with van der Waals surface area (Å²) < 4.78 is 12.2. The van der Waals surface area contributed by atoms with Gasteiger partial charge in [-0.2, -0.15) is 0 Å². The minimum atomic E-state index is 0.515. The number of methoxy groups -OCH3 is 1. The summed E-state index contributed by atoms with van der Waals surface area (Å²) in [4.78, 5) is 4.51. The van der Waals surface area contributed by atoms with E-state index in [0.717, 1.165) is 32.8 Å². The van der Waals surface area contributed by atoms with Crippen LogP contribution in [0.25, 0.3) is 0 Å². The lowest BCUT2D eigenvalue weighted by atomic mass is 10.2. The third-order valence-electron chi connectivity index (χ3n) is 3.65. The van der Waals surface area contributed by atoms with Gasteiger partial charge in [-0.25, -0.2) is 0 Å². The van der Waals surface area contributed by atoms with Crippen molar-refractivity contribution >= 4 is 27.8 Å². The normalized spacial score (nSPS) is 10.8. The van der Waals surface area contributed by atoms with Crippen LogP contribution in [0.5, 0.6) is 11.5 Å².